The molecule has 3 nitrogen and oxygen atoms in total. The van der Waals surface area contributed by atoms with E-state index in [0.717, 1.165) is 14.5 Å². The minimum atomic E-state index is -0.00812. The van der Waals surface area contributed by atoms with Gasteiger partial charge in [0.15, 0.2) is 0 Å². The number of hydrogen-bond acceptors (Lipinski definition) is 2. The lowest BCUT2D eigenvalue weighted by Gasteiger charge is -2.08. The first-order chi connectivity index (χ1) is 8.54. The average Bonchev–Trinajstić information content (AvgIpc) is 2.69. The van der Waals surface area contributed by atoms with Gasteiger partial charge in [-0.2, -0.15) is 5.10 Å². The number of benzene rings is 1. The molecule has 0 N–H and O–H groups in total. The zero-order valence-electron chi connectivity index (χ0n) is 10.1. The maximum absolute atomic E-state index is 12.5. The number of nitrogens with zero attached hydrogens (tertiary/aromatic N) is 2. The summed E-state index contributed by atoms with van der Waals surface area (Å²) in [6, 6.07) is 5.65. The van der Waals surface area contributed by atoms with Crippen LogP contribution in [0.5, 0.6) is 0 Å². The molecule has 0 atom stereocenters. The number of ketones is 1. The van der Waals surface area contributed by atoms with E-state index in [4.69, 9.17) is 0 Å². The summed E-state index contributed by atoms with van der Waals surface area (Å²) in [4.78, 5) is 12.5. The molecule has 0 unspecified atom stereocenters. The van der Waals surface area contributed by atoms with Crippen molar-refractivity contribution in [2.24, 2.45) is 0 Å². The molecule has 0 bridgehead atoms. The van der Waals surface area contributed by atoms with Crippen LogP contribution < -0.4 is 0 Å². The Morgan fingerprint density at radius 3 is 2.72 bits per heavy atom. The second kappa shape index (κ2) is 5.36. The molecule has 5 heteroatoms. The van der Waals surface area contributed by atoms with Crippen LogP contribution in [-0.2, 0) is 6.54 Å². The Balaban J connectivity index is 2.51. The number of halogens is 2. The van der Waals surface area contributed by atoms with Crippen molar-refractivity contribution in [1.29, 1.82) is 0 Å². The number of aryl methyl sites for hydroxylation is 2. The summed E-state index contributed by atoms with van der Waals surface area (Å²) in [5.74, 6) is -0.00812. The summed E-state index contributed by atoms with van der Waals surface area (Å²) >= 11 is 6.78. The highest BCUT2D eigenvalue weighted by Gasteiger charge is 2.19. The van der Waals surface area contributed by atoms with E-state index in [2.05, 4.69) is 37.0 Å². The van der Waals surface area contributed by atoms with E-state index in [1.165, 1.54) is 0 Å². The number of rotatable bonds is 3. The van der Waals surface area contributed by atoms with E-state index in [9.17, 15) is 4.79 Å². The van der Waals surface area contributed by atoms with Gasteiger partial charge in [0.05, 0.1) is 10.7 Å². The Kier molecular flexibility index (Phi) is 4.02. The summed E-state index contributed by atoms with van der Waals surface area (Å²) < 4.78 is 3.41. The Hall–Kier alpha value is -0.940. The molecule has 0 spiro atoms. The van der Waals surface area contributed by atoms with Gasteiger partial charge in [0, 0.05) is 16.6 Å². The van der Waals surface area contributed by atoms with Crippen LogP contribution in [-0.4, -0.2) is 15.6 Å². The van der Waals surface area contributed by atoms with Gasteiger partial charge in [-0.15, -0.1) is 0 Å². The van der Waals surface area contributed by atoms with Gasteiger partial charge in [0.25, 0.3) is 0 Å². The fourth-order valence-electron chi connectivity index (χ4n) is 1.84. The van der Waals surface area contributed by atoms with Crippen molar-refractivity contribution in [3.63, 3.8) is 0 Å². The molecule has 0 radical (unpaired) electrons. The number of aromatic nitrogens is 2. The average molecular weight is 372 g/mol. The first-order valence-electron chi connectivity index (χ1n) is 5.56. The molecular formula is C13H12Br2N2O. The van der Waals surface area contributed by atoms with Crippen LogP contribution in [0.1, 0.15) is 28.5 Å². The van der Waals surface area contributed by atoms with E-state index in [1.54, 1.807) is 10.9 Å². The molecule has 1 heterocycles. The van der Waals surface area contributed by atoms with E-state index in [1.807, 2.05) is 32.0 Å². The van der Waals surface area contributed by atoms with E-state index < -0.39 is 0 Å². The highest BCUT2D eigenvalue weighted by Crippen LogP contribution is 2.23. The van der Waals surface area contributed by atoms with Crippen LogP contribution in [0.4, 0.5) is 0 Å². The van der Waals surface area contributed by atoms with Crippen LogP contribution in [0.15, 0.2) is 33.3 Å². The molecule has 18 heavy (non-hydrogen) atoms. The lowest BCUT2D eigenvalue weighted by Crippen LogP contribution is -2.12. The predicted molar refractivity (Wildman–Crippen MR) is 77.9 cm³/mol. The third kappa shape index (κ3) is 2.42. The lowest BCUT2D eigenvalue weighted by molar-refractivity contribution is 0.102. The van der Waals surface area contributed by atoms with Gasteiger partial charge in [-0.3, -0.25) is 9.48 Å². The lowest BCUT2D eigenvalue weighted by atomic mass is 10.0. The Morgan fingerprint density at radius 2 is 2.11 bits per heavy atom. The molecule has 0 saturated carbocycles. The number of hydrogen-bond donors (Lipinski definition) is 0. The second-order valence-corrected chi connectivity index (χ2v) is 5.72. The minimum Gasteiger partial charge on any atom is -0.287 e. The SMILES string of the molecule is CCn1ncc(Br)c1C(=O)c1ccc(Br)cc1C. The summed E-state index contributed by atoms with van der Waals surface area (Å²) in [5.41, 5.74) is 2.25. The summed E-state index contributed by atoms with van der Waals surface area (Å²) in [7, 11) is 0. The Morgan fingerprint density at radius 1 is 1.39 bits per heavy atom. The quantitative estimate of drug-likeness (QED) is 0.765. The van der Waals surface area contributed by atoms with Crippen molar-refractivity contribution in [1.82, 2.24) is 9.78 Å². The van der Waals surface area contributed by atoms with Crippen LogP contribution in [0.3, 0.4) is 0 Å². The van der Waals surface area contributed by atoms with Gasteiger partial charge in [-0.1, -0.05) is 15.9 Å². The molecular weight excluding hydrogens is 360 g/mol. The fourth-order valence-corrected chi connectivity index (χ4v) is 2.79. The molecule has 0 saturated heterocycles. The van der Waals surface area contributed by atoms with Crippen LogP contribution in [0.2, 0.25) is 0 Å². The first kappa shape index (κ1) is 13.5. The summed E-state index contributed by atoms with van der Waals surface area (Å²) in [6.07, 6.45) is 1.66. The molecule has 0 aliphatic rings. The Labute approximate surface area is 122 Å². The monoisotopic (exact) mass is 370 g/mol. The van der Waals surface area contributed by atoms with Crippen LogP contribution in [0.25, 0.3) is 0 Å². The normalized spacial score (nSPS) is 10.7. The molecule has 1 aromatic heterocycles. The van der Waals surface area contributed by atoms with Gasteiger partial charge in [-0.05, 0) is 53.5 Å². The highest BCUT2D eigenvalue weighted by molar-refractivity contribution is 9.10. The zero-order valence-corrected chi connectivity index (χ0v) is 13.2. The molecule has 2 aromatic rings. The van der Waals surface area contributed by atoms with Crippen LogP contribution in [0, 0.1) is 6.92 Å². The fraction of sp³-hybridized carbons (Fsp3) is 0.231. The maximum atomic E-state index is 12.5. The summed E-state index contributed by atoms with van der Waals surface area (Å²) in [5, 5.41) is 4.17. The zero-order chi connectivity index (χ0) is 13.3. The van der Waals surface area contributed by atoms with Crippen molar-refractivity contribution < 1.29 is 4.79 Å². The smallest absolute Gasteiger partial charge is 0.212 e. The van der Waals surface area contributed by atoms with Gasteiger partial charge in [-0.25, -0.2) is 0 Å². The second-order valence-electron chi connectivity index (χ2n) is 3.95. The van der Waals surface area contributed by atoms with Crippen molar-refractivity contribution >= 4 is 37.6 Å². The third-order valence-electron chi connectivity index (χ3n) is 2.74. The van der Waals surface area contributed by atoms with E-state index in [-0.39, 0.29) is 5.78 Å². The third-order valence-corrected chi connectivity index (χ3v) is 3.82. The van der Waals surface area contributed by atoms with Gasteiger partial charge in [0.1, 0.15) is 5.69 Å². The topological polar surface area (TPSA) is 34.9 Å². The largest absolute Gasteiger partial charge is 0.287 e. The van der Waals surface area contributed by atoms with Crippen molar-refractivity contribution in [2.45, 2.75) is 20.4 Å². The standard InChI is InChI=1S/C13H12Br2N2O/c1-3-17-12(11(15)7-16-17)13(18)10-5-4-9(14)6-8(10)2/h4-7H,3H2,1-2H3. The molecule has 0 aliphatic carbocycles. The van der Waals surface area contributed by atoms with Crippen molar-refractivity contribution in [2.75, 3.05) is 0 Å². The molecule has 1 aromatic carbocycles. The van der Waals surface area contributed by atoms with Gasteiger partial charge in [0.2, 0.25) is 5.78 Å². The summed E-state index contributed by atoms with van der Waals surface area (Å²) in [6.45, 7) is 4.56. The molecule has 94 valence electrons. The van der Waals surface area contributed by atoms with Crippen LogP contribution >= 0.6 is 31.9 Å². The minimum absolute atomic E-state index is 0.00812. The van der Waals surface area contributed by atoms with Gasteiger partial charge < -0.3 is 0 Å². The molecule has 2 rings (SSSR count). The molecule has 0 fully saturated rings. The maximum Gasteiger partial charge on any atom is 0.212 e. The predicted octanol–water partition coefficient (Wildman–Crippen LogP) is 3.97. The van der Waals surface area contributed by atoms with E-state index >= 15 is 0 Å². The highest BCUT2D eigenvalue weighted by atomic mass is 79.9. The molecule has 0 aliphatic heterocycles. The van der Waals surface area contributed by atoms with E-state index in [0.29, 0.717) is 17.8 Å². The van der Waals surface area contributed by atoms with Crippen molar-refractivity contribution in [3.8, 4) is 0 Å². The number of carbonyl (C=O) groups excluding carboxylic acids is 1. The van der Waals surface area contributed by atoms with Gasteiger partial charge >= 0.3 is 0 Å². The first-order valence-corrected chi connectivity index (χ1v) is 7.15. The Bertz CT molecular complexity index is 605. The van der Waals surface area contributed by atoms with Crippen molar-refractivity contribution in [3.05, 3.63) is 50.2 Å². The number of carbonyl (C=O) groups is 1. The molecule has 0 amide bonds.